The zero-order chi connectivity index (χ0) is 9.97. The third-order valence-electron chi connectivity index (χ3n) is 1.92. The molecule has 1 aromatic carbocycles. The summed E-state index contributed by atoms with van der Waals surface area (Å²) in [6, 6.07) is 4.88. The Kier molecular flexibility index (Phi) is 4.08. The number of carboxylic acids is 1. The van der Waals surface area contributed by atoms with E-state index in [2.05, 4.69) is 10.5 Å². The van der Waals surface area contributed by atoms with Crippen molar-refractivity contribution in [2.24, 2.45) is 5.10 Å². The Morgan fingerprint density at radius 3 is 2.93 bits per heavy atom. The van der Waals surface area contributed by atoms with Crippen LogP contribution in [-0.4, -0.2) is 46.8 Å². The average molecular weight is 212 g/mol. The molecule has 0 aromatic heterocycles. The number of nitrogens with zero attached hydrogens (tertiary/aromatic N) is 1. The first-order chi connectivity index (χ1) is 6.77. The fourth-order valence-corrected chi connectivity index (χ4v) is 1.23. The topological polar surface area (TPSA) is 61.7 Å². The fraction of sp³-hybridized carbons (Fsp3) is 0. The maximum absolute atomic E-state index is 10.7. The van der Waals surface area contributed by atoms with Gasteiger partial charge >= 0.3 is 35.5 Å². The van der Waals surface area contributed by atoms with Crippen LogP contribution in [0.1, 0.15) is 15.9 Å². The number of carbonyl (C=O) groups is 1. The summed E-state index contributed by atoms with van der Waals surface area (Å²) >= 11 is 0. The molecule has 1 aliphatic heterocycles. The molecule has 0 spiro atoms. The van der Waals surface area contributed by atoms with Gasteiger partial charge in [0.1, 0.15) is 0 Å². The predicted molar refractivity (Wildman–Crippen MR) is 61.7 cm³/mol. The predicted octanol–water partition coefficient (Wildman–Crippen LogP) is 1.16. The molecule has 5 heteroatoms. The summed E-state index contributed by atoms with van der Waals surface area (Å²) in [6.45, 7) is 0. The molecule has 0 aliphatic carbocycles. The summed E-state index contributed by atoms with van der Waals surface area (Å²) in [6.07, 6.45) is 5.27. The molecule has 2 rings (SSSR count). The Morgan fingerprint density at radius 2 is 2.20 bits per heavy atom. The second-order valence-electron chi connectivity index (χ2n) is 2.86. The monoisotopic (exact) mass is 212 g/mol. The number of rotatable bonds is 1. The van der Waals surface area contributed by atoms with Crippen molar-refractivity contribution in [3.8, 4) is 0 Å². The normalized spacial score (nSPS) is 12.0. The molecule has 2 N–H and O–H groups in total. The van der Waals surface area contributed by atoms with Gasteiger partial charge in [0.2, 0.25) is 0 Å². The van der Waals surface area contributed by atoms with E-state index in [1.165, 1.54) is 0 Å². The van der Waals surface area contributed by atoms with Crippen LogP contribution in [0.25, 0.3) is 6.08 Å². The quantitative estimate of drug-likeness (QED) is 0.686. The first kappa shape index (κ1) is 12.0. The number of benzene rings is 1. The first-order valence-corrected chi connectivity index (χ1v) is 4.10. The Labute approximate surface area is 109 Å². The van der Waals surface area contributed by atoms with Crippen molar-refractivity contribution in [2.75, 3.05) is 5.43 Å². The van der Waals surface area contributed by atoms with Crippen LogP contribution >= 0.6 is 0 Å². The van der Waals surface area contributed by atoms with Gasteiger partial charge in [0.05, 0.1) is 11.3 Å². The average Bonchev–Trinajstić information content (AvgIpc) is 2.41. The molecule has 72 valence electrons. The minimum absolute atomic E-state index is 0. The SMILES string of the molecule is O=C(O)c1ccc2c(c1)NN=CC=C2.[NaH]. The summed E-state index contributed by atoms with van der Waals surface area (Å²) in [5, 5.41) is 12.6. The summed E-state index contributed by atoms with van der Waals surface area (Å²) in [5.41, 5.74) is 4.64. The van der Waals surface area contributed by atoms with Gasteiger partial charge in [-0.1, -0.05) is 12.1 Å². The number of hydrogen-bond acceptors (Lipinski definition) is 3. The van der Waals surface area contributed by atoms with Crippen molar-refractivity contribution in [2.45, 2.75) is 0 Å². The van der Waals surface area contributed by atoms with Crippen molar-refractivity contribution in [3.05, 3.63) is 35.4 Å². The number of anilines is 1. The number of hydrazone groups is 1. The molecule has 0 unspecified atom stereocenters. The van der Waals surface area contributed by atoms with Crippen LogP contribution < -0.4 is 5.43 Å². The van der Waals surface area contributed by atoms with E-state index < -0.39 is 5.97 Å². The maximum atomic E-state index is 10.7. The third kappa shape index (κ3) is 2.68. The van der Waals surface area contributed by atoms with Gasteiger partial charge in [-0.2, -0.15) is 5.10 Å². The Balaban J connectivity index is 0.00000112. The second kappa shape index (κ2) is 5.11. The zero-order valence-electron chi connectivity index (χ0n) is 7.27. The van der Waals surface area contributed by atoms with E-state index in [-0.39, 0.29) is 35.1 Å². The van der Waals surface area contributed by atoms with Crippen LogP contribution in [0.15, 0.2) is 29.4 Å². The molecular weight excluding hydrogens is 203 g/mol. The first-order valence-electron chi connectivity index (χ1n) is 4.10. The minimum atomic E-state index is -0.938. The second-order valence-corrected chi connectivity index (χ2v) is 2.86. The number of hydrogen-bond donors (Lipinski definition) is 2. The summed E-state index contributed by atoms with van der Waals surface area (Å²) in [5.74, 6) is -0.938. The van der Waals surface area contributed by atoms with Gasteiger partial charge in [-0.15, -0.1) is 0 Å². The van der Waals surface area contributed by atoms with E-state index in [4.69, 9.17) is 5.11 Å². The standard InChI is InChI=1S/C10H8N2O2.Na.H/c13-10(14)8-4-3-7-2-1-5-11-12-9(7)6-8;;/h1-6,12H,(H,13,14);;. The van der Waals surface area contributed by atoms with Gasteiger partial charge in [-0.25, -0.2) is 4.79 Å². The Morgan fingerprint density at radius 1 is 1.40 bits per heavy atom. The Hall–Kier alpha value is -1.10. The van der Waals surface area contributed by atoms with Crippen LogP contribution in [0.5, 0.6) is 0 Å². The molecule has 0 saturated heterocycles. The van der Waals surface area contributed by atoms with E-state index in [1.54, 1.807) is 30.5 Å². The molecule has 1 heterocycles. The van der Waals surface area contributed by atoms with E-state index in [1.807, 2.05) is 6.08 Å². The Bertz CT molecular complexity index is 441. The van der Waals surface area contributed by atoms with Gasteiger partial charge in [0.15, 0.2) is 0 Å². The molecule has 0 atom stereocenters. The molecule has 0 amide bonds. The molecule has 1 aliphatic rings. The molecule has 1 aromatic rings. The van der Waals surface area contributed by atoms with Crippen LogP contribution in [0.2, 0.25) is 0 Å². The van der Waals surface area contributed by atoms with E-state index >= 15 is 0 Å². The van der Waals surface area contributed by atoms with Crippen LogP contribution in [0.3, 0.4) is 0 Å². The van der Waals surface area contributed by atoms with Crippen LogP contribution in [0.4, 0.5) is 5.69 Å². The van der Waals surface area contributed by atoms with E-state index in [0.717, 1.165) is 5.56 Å². The molecule has 0 radical (unpaired) electrons. The number of carboxylic acid groups (broad SMARTS) is 1. The summed E-state index contributed by atoms with van der Waals surface area (Å²) < 4.78 is 0. The van der Waals surface area contributed by atoms with Gasteiger partial charge in [0, 0.05) is 6.21 Å². The zero-order valence-corrected chi connectivity index (χ0v) is 7.27. The van der Waals surface area contributed by atoms with Crippen LogP contribution in [0, 0.1) is 0 Å². The molecule has 0 fully saturated rings. The molecular formula is C10H9N2NaO2. The van der Waals surface area contributed by atoms with Gasteiger partial charge < -0.3 is 5.11 Å². The molecule has 0 bridgehead atoms. The van der Waals surface area contributed by atoms with Crippen molar-refractivity contribution < 1.29 is 9.90 Å². The van der Waals surface area contributed by atoms with Gasteiger partial charge in [-0.3, -0.25) is 5.43 Å². The molecule has 0 saturated carbocycles. The van der Waals surface area contributed by atoms with Crippen molar-refractivity contribution >= 4 is 53.5 Å². The van der Waals surface area contributed by atoms with Crippen LogP contribution in [-0.2, 0) is 0 Å². The van der Waals surface area contributed by atoms with Crippen molar-refractivity contribution in [3.63, 3.8) is 0 Å². The number of fused-ring (bicyclic) bond motifs is 1. The molecule has 15 heavy (non-hydrogen) atoms. The van der Waals surface area contributed by atoms with Gasteiger partial charge in [0.25, 0.3) is 0 Å². The van der Waals surface area contributed by atoms with Crippen molar-refractivity contribution in [1.82, 2.24) is 0 Å². The number of aromatic carboxylic acids is 1. The molecule has 4 nitrogen and oxygen atoms in total. The van der Waals surface area contributed by atoms with E-state index in [9.17, 15) is 4.79 Å². The third-order valence-corrected chi connectivity index (χ3v) is 1.92. The van der Waals surface area contributed by atoms with Crippen molar-refractivity contribution in [1.29, 1.82) is 0 Å². The number of nitrogens with one attached hydrogen (secondary N) is 1. The number of allylic oxidation sites excluding steroid dienone is 1. The summed E-state index contributed by atoms with van der Waals surface area (Å²) in [7, 11) is 0. The van der Waals surface area contributed by atoms with Gasteiger partial charge in [-0.05, 0) is 23.8 Å². The summed E-state index contributed by atoms with van der Waals surface area (Å²) in [4.78, 5) is 10.7. The van der Waals surface area contributed by atoms with E-state index in [0.29, 0.717) is 5.69 Å². The fourth-order valence-electron chi connectivity index (χ4n) is 1.23.